The summed E-state index contributed by atoms with van der Waals surface area (Å²) in [4.78, 5) is 34.4. The quantitative estimate of drug-likeness (QED) is 0.589. The standard InChI is InChI=1S/C23H22ClN5O2S/c1-14-6-7-15(24)12-19(14)27-8-10-28(11-9-27)20(30)13-18-22(31)29-21(25-18)16-4-2-3-5-17(16)26-23(29)32/h2-7,12,18,25H,8-11,13H2,1H3/t18-/m0/s1. The number of hydrogen-bond acceptors (Lipinski definition) is 6. The second-order valence-corrected chi connectivity index (χ2v) is 8.94. The molecule has 1 atom stereocenters. The molecule has 1 amide bonds. The number of carbonyl (C=O) groups is 2. The first kappa shape index (κ1) is 20.9. The van der Waals surface area contributed by atoms with Crippen molar-refractivity contribution in [3.05, 3.63) is 57.8 Å². The number of rotatable bonds is 3. The molecule has 2 aliphatic heterocycles. The molecular weight excluding hydrogens is 446 g/mol. The number of para-hydroxylation sites is 1. The number of carbonyl (C=O) groups excluding carboxylic acids is 2. The molecule has 0 saturated carbocycles. The third-order valence-electron chi connectivity index (χ3n) is 6.14. The smallest absolute Gasteiger partial charge is 0.257 e. The highest BCUT2D eigenvalue weighted by Gasteiger charge is 2.35. The Bertz CT molecular complexity index is 1300. The molecule has 164 valence electrons. The van der Waals surface area contributed by atoms with Gasteiger partial charge in [-0.1, -0.05) is 29.8 Å². The van der Waals surface area contributed by atoms with Gasteiger partial charge in [-0.3, -0.25) is 9.59 Å². The van der Waals surface area contributed by atoms with Gasteiger partial charge in [0.05, 0.1) is 11.9 Å². The molecule has 0 radical (unpaired) electrons. The zero-order chi connectivity index (χ0) is 22.4. The highest BCUT2D eigenvalue weighted by Crippen LogP contribution is 2.29. The van der Waals surface area contributed by atoms with Crippen LogP contribution in [-0.2, 0) is 4.79 Å². The maximum absolute atomic E-state index is 13.0. The van der Waals surface area contributed by atoms with Crippen LogP contribution < -0.4 is 10.2 Å². The predicted molar refractivity (Wildman–Crippen MR) is 128 cm³/mol. The van der Waals surface area contributed by atoms with Gasteiger partial charge in [-0.25, -0.2) is 9.55 Å². The van der Waals surface area contributed by atoms with E-state index in [1.807, 2.05) is 47.4 Å². The Morgan fingerprint density at radius 1 is 1.19 bits per heavy atom. The van der Waals surface area contributed by atoms with E-state index in [0.29, 0.717) is 23.9 Å². The van der Waals surface area contributed by atoms with E-state index in [0.717, 1.165) is 35.2 Å². The molecule has 3 heterocycles. The zero-order valence-electron chi connectivity index (χ0n) is 17.5. The first-order chi connectivity index (χ1) is 15.4. The molecule has 3 aromatic rings. The summed E-state index contributed by atoms with van der Waals surface area (Å²) in [6.45, 7) is 4.70. The fraction of sp³-hybridized carbons (Fsp3) is 0.304. The average molecular weight is 468 g/mol. The summed E-state index contributed by atoms with van der Waals surface area (Å²) in [5.74, 6) is 0.337. The minimum atomic E-state index is -0.648. The van der Waals surface area contributed by atoms with Crippen LogP contribution in [0.15, 0.2) is 42.5 Å². The number of fused-ring (bicyclic) bond motifs is 3. The molecule has 0 unspecified atom stereocenters. The van der Waals surface area contributed by atoms with Gasteiger partial charge in [0.1, 0.15) is 11.9 Å². The normalized spacial score (nSPS) is 18.1. The minimum absolute atomic E-state index is 0.0464. The lowest BCUT2D eigenvalue weighted by Gasteiger charge is -2.37. The Hall–Kier alpha value is -2.97. The maximum Gasteiger partial charge on any atom is 0.257 e. The fourth-order valence-electron chi connectivity index (χ4n) is 4.43. The Morgan fingerprint density at radius 2 is 1.94 bits per heavy atom. The number of piperazine rings is 1. The molecule has 2 aromatic carbocycles. The van der Waals surface area contributed by atoms with Crippen LogP contribution >= 0.6 is 23.8 Å². The van der Waals surface area contributed by atoms with Crippen molar-refractivity contribution < 1.29 is 9.59 Å². The Labute approximate surface area is 195 Å². The molecule has 2 aliphatic rings. The van der Waals surface area contributed by atoms with Gasteiger partial charge in [-0.2, -0.15) is 0 Å². The van der Waals surface area contributed by atoms with Crippen LogP contribution in [-0.4, -0.2) is 58.5 Å². The number of anilines is 2. The van der Waals surface area contributed by atoms with Gasteiger partial charge in [0.15, 0.2) is 0 Å². The van der Waals surface area contributed by atoms with Crippen molar-refractivity contribution in [1.82, 2.24) is 14.5 Å². The first-order valence-corrected chi connectivity index (χ1v) is 11.3. The van der Waals surface area contributed by atoms with E-state index in [9.17, 15) is 9.59 Å². The number of nitrogens with zero attached hydrogens (tertiary/aromatic N) is 4. The minimum Gasteiger partial charge on any atom is -0.368 e. The number of amides is 1. The first-order valence-electron chi connectivity index (χ1n) is 10.5. The predicted octanol–water partition coefficient (Wildman–Crippen LogP) is 3.90. The van der Waals surface area contributed by atoms with Crippen molar-refractivity contribution in [1.29, 1.82) is 0 Å². The molecule has 0 bridgehead atoms. The van der Waals surface area contributed by atoms with Gasteiger partial charge in [-0.15, -0.1) is 0 Å². The molecule has 9 heteroatoms. The lowest BCUT2D eigenvalue weighted by Crippen LogP contribution is -2.50. The van der Waals surface area contributed by atoms with Gasteiger partial charge in [-0.05, 0) is 49.0 Å². The number of benzene rings is 2. The van der Waals surface area contributed by atoms with Crippen LogP contribution in [0.5, 0.6) is 0 Å². The van der Waals surface area contributed by atoms with Gasteiger partial charge < -0.3 is 15.1 Å². The van der Waals surface area contributed by atoms with Crippen LogP contribution in [0.25, 0.3) is 10.9 Å². The third kappa shape index (κ3) is 3.63. The molecule has 1 N–H and O–H groups in total. The summed E-state index contributed by atoms with van der Waals surface area (Å²) < 4.78 is 1.62. The molecule has 0 spiro atoms. The molecule has 1 saturated heterocycles. The third-order valence-corrected chi connectivity index (χ3v) is 6.65. The van der Waals surface area contributed by atoms with Crippen molar-refractivity contribution in [2.24, 2.45) is 0 Å². The molecule has 5 rings (SSSR count). The lowest BCUT2D eigenvalue weighted by atomic mass is 10.1. The Morgan fingerprint density at radius 3 is 2.72 bits per heavy atom. The second-order valence-electron chi connectivity index (χ2n) is 8.13. The maximum atomic E-state index is 13.0. The summed E-state index contributed by atoms with van der Waals surface area (Å²) in [5, 5.41) is 4.74. The lowest BCUT2D eigenvalue weighted by molar-refractivity contribution is -0.131. The van der Waals surface area contributed by atoms with Gasteiger partial charge in [0.25, 0.3) is 5.91 Å². The van der Waals surface area contributed by atoms with Crippen LogP contribution in [0, 0.1) is 11.7 Å². The van der Waals surface area contributed by atoms with Gasteiger partial charge in [0, 0.05) is 42.3 Å². The molecular formula is C23H22ClN5O2S. The van der Waals surface area contributed by atoms with E-state index in [1.165, 1.54) is 4.57 Å². The van der Waals surface area contributed by atoms with E-state index >= 15 is 0 Å². The summed E-state index contributed by atoms with van der Waals surface area (Å²) in [6, 6.07) is 12.7. The Kier molecular flexibility index (Phi) is 5.35. The fourth-order valence-corrected chi connectivity index (χ4v) is 4.88. The monoisotopic (exact) mass is 467 g/mol. The number of halogens is 1. The number of aromatic nitrogens is 2. The molecule has 7 nitrogen and oxygen atoms in total. The van der Waals surface area contributed by atoms with Crippen molar-refractivity contribution in [2.75, 3.05) is 36.4 Å². The van der Waals surface area contributed by atoms with E-state index in [2.05, 4.69) is 22.1 Å². The van der Waals surface area contributed by atoms with Crippen molar-refractivity contribution in [3.8, 4) is 0 Å². The van der Waals surface area contributed by atoms with Gasteiger partial charge in [0.2, 0.25) is 10.7 Å². The number of nitrogens with one attached hydrogen (secondary N) is 1. The average Bonchev–Trinajstić information content (AvgIpc) is 3.12. The SMILES string of the molecule is Cc1ccc(Cl)cc1N1CCN(C(=O)C[C@@H]2Nc3c4ccccc4nc(=S)n3C2=O)CC1. The van der Waals surface area contributed by atoms with Gasteiger partial charge >= 0.3 is 0 Å². The van der Waals surface area contributed by atoms with Crippen LogP contribution in [0.4, 0.5) is 11.5 Å². The summed E-state index contributed by atoms with van der Waals surface area (Å²) in [6.07, 6.45) is 0.0831. The summed E-state index contributed by atoms with van der Waals surface area (Å²) >= 11 is 11.5. The van der Waals surface area contributed by atoms with Crippen LogP contribution in [0.2, 0.25) is 5.02 Å². The topological polar surface area (TPSA) is 70.5 Å². The van der Waals surface area contributed by atoms with Crippen molar-refractivity contribution >= 4 is 58.0 Å². The molecule has 0 aliphatic carbocycles. The number of hydrogen-bond donors (Lipinski definition) is 1. The van der Waals surface area contributed by atoms with E-state index in [-0.39, 0.29) is 23.0 Å². The van der Waals surface area contributed by atoms with E-state index < -0.39 is 6.04 Å². The molecule has 1 aromatic heterocycles. The Balaban J connectivity index is 1.27. The largest absolute Gasteiger partial charge is 0.368 e. The van der Waals surface area contributed by atoms with Crippen molar-refractivity contribution in [3.63, 3.8) is 0 Å². The van der Waals surface area contributed by atoms with Crippen LogP contribution in [0.1, 0.15) is 16.8 Å². The number of aryl methyl sites for hydroxylation is 1. The summed E-state index contributed by atoms with van der Waals surface area (Å²) in [5.41, 5.74) is 2.98. The highest BCUT2D eigenvalue weighted by molar-refractivity contribution is 7.71. The summed E-state index contributed by atoms with van der Waals surface area (Å²) in [7, 11) is 0. The zero-order valence-corrected chi connectivity index (χ0v) is 19.1. The van der Waals surface area contributed by atoms with Crippen molar-refractivity contribution in [2.45, 2.75) is 19.4 Å². The highest BCUT2D eigenvalue weighted by atomic mass is 35.5. The van der Waals surface area contributed by atoms with E-state index in [1.54, 1.807) is 0 Å². The molecule has 1 fully saturated rings. The second kappa shape index (κ2) is 8.18. The van der Waals surface area contributed by atoms with E-state index in [4.69, 9.17) is 23.8 Å². The molecule has 32 heavy (non-hydrogen) atoms. The van der Waals surface area contributed by atoms with Crippen LogP contribution in [0.3, 0.4) is 0 Å².